The molecule has 1 unspecified atom stereocenters. The molecule has 0 saturated carbocycles. The number of likely N-dealkylation sites (N-methyl/N-ethyl adjacent to an activating group) is 2. The zero-order valence-electron chi connectivity index (χ0n) is 13.6. The molecule has 0 aromatic heterocycles. The third-order valence-electron chi connectivity index (χ3n) is 3.43. The van der Waals surface area contributed by atoms with Crippen molar-refractivity contribution in [3.8, 4) is 5.75 Å². The average Bonchev–Trinajstić information content (AvgIpc) is 2.44. The van der Waals surface area contributed by atoms with Crippen LogP contribution in [0.5, 0.6) is 5.75 Å². The first-order valence-corrected chi connectivity index (χ1v) is 7.76. The molecule has 1 rings (SSSR count). The summed E-state index contributed by atoms with van der Waals surface area (Å²) in [7, 11) is 2.03. The molecule has 0 aliphatic rings. The maximum absolute atomic E-state index is 5.69. The highest BCUT2D eigenvalue weighted by Crippen LogP contribution is 2.19. The van der Waals surface area contributed by atoms with Gasteiger partial charge in [-0.1, -0.05) is 26.0 Å². The van der Waals surface area contributed by atoms with Crippen molar-refractivity contribution in [2.45, 2.75) is 46.3 Å². The lowest BCUT2D eigenvalue weighted by Crippen LogP contribution is -2.34. The van der Waals surface area contributed by atoms with Crippen molar-refractivity contribution in [3.63, 3.8) is 0 Å². The van der Waals surface area contributed by atoms with E-state index in [0.717, 1.165) is 25.4 Å². The molecule has 3 heteroatoms. The average molecular weight is 278 g/mol. The van der Waals surface area contributed by atoms with Crippen molar-refractivity contribution < 1.29 is 4.74 Å². The predicted molar refractivity (Wildman–Crippen MR) is 86.4 cm³/mol. The van der Waals surface area contributed by atoms with E-state index in [9.17, 15) is 0 Å². The van der Waals surface area contributed by atoms with Crippen molar-refractivity contribution >= 4 is 0 Å². The van der Waals surface area contributed by atoms with Crippen LogP contribution < -0.4 is 10.1 Å². The zero-order chi connectivity index (χ0) is 15.0. The fourth-order valence-electron chi connectivity index (χ4n) is 2.37. The summed E-state index contributed by atoms with van der Waals surface area (Å²) in [6, 6.07) is 8.83. The second kappa shape index (κ2) is 8.98. The molecule has 0 saturated heterocycles. The molecular weight excluding hydrogens is 248 g/mol. The molecule has 20 heavy (non-hydrogen) atoms. The number of hydrogen-bond donors (Lipinski definition) is 1. The Labute approximate surface area is 124 Å². The lowest BCUT2D eigenvalue weighted by atomic mass is 10.1. The molecule has 0 bridgehead atoms. The van der Waals surface area contributed by atoms with Crippen molar-refractivity contribution in [2.24, 2.45) is 0 Å². The highest BCUT2D eigenvalue weighted by Gasteiger charge is 2.13. The van der Waals surface area contributed by atoms with Crippen molar-refractivity contribution in [1.29, 1.82) is 0 Å². The van der Waals surface area contributed by atoms with E-state index in [-0.39, 0.29) is 6.10 Å². The Morgan fingerprint density at radius 1 is 1.15 bits per heavy atom. The first-order chi connectivity index (χ1) is 9.60. The van der Waals surface area contributed by atoms with Crippen LogP contribution in [-0.4, -0.2) is 37.7 Å². The fraction of sp³-hybridized carbons (Fsp3) is 0.647. The van der Waals surface area contributed by atoms with Crippen LogP contribution in [0.3, 0.4) is 0 Å². The molecule has 1 N–H and O–H groups in total. The van der Waals surface area contributed by atoms with Crippen LogP contribution in [-0.2, 0) is 0 Å². The van der Waals surface area contributed by atoms with E-state index in [1.165, 1.54) is 12.0 Å². The summed E-state index contributed by atoms with van der Waals surface area (Å²) >= 11 is 0. The Morgan fingerprint density at radius 2 is 1.80 bits per heavy atom. The number of hydrogen-bond acceptors (Lipinski definition) is 3. The molecule has 1 aromatic carbocycles. The van der Waals surface area contributed by atoms with Gasteiger partial charge in [0.2, 0.25) is 0 Å². The molecule has 1 atom stereocenters. The Hall–Kier alpha value is -1.06. The smallest absolute Gasteiger partial charge is 0.119 e. The van der Waals surface area contributed by atoms with Gasteiger partial charge >= 0.3 is 0 Å². The van der Waals surface area contributed by atoms with Gasteiger partial charge in [-0.15, -0.1) is 0 Å². The Balaban J connectivity index is 2.69. The van der Waals surface area contributed by atoms with Gasteiger partial charge in [0.25, 0.3) is 0 Å². The monoisotopic (exact) mass is 278 g/mol. The topological polar surface area (TPSA) is 24.5 Å². The summed E-state index contributed by atoms with van der Waals surface area (Å²) in [5.41, 5.74) is 1.32. The summed E-state index contributed by atoms with van der Waals surface area (Å²) in [5.74, 6) is 0.944. The first-order valence-electron chi connectivity index (χ1n) is 7.76. The molecule has 0 spiro atoms. The predicted octanol–water partition coefficient (Wildman–Crippen LogP) is 3.47. The van der Waals surface area contributed by atoms with Gasteiger partial charge in [0.1, 0.15) is 5.75 Å². The molecular formula is C17H30N2O. The summed E-state index contributed by atoms with van der Waals surface area (Å²) < 4.78 is 5.69. The lowest BCUT2D eigenvalue weighted by Gasteiger charge is -2.26. The van der Waals surface area contributed by atoms with Crippen LogP contribution in [0.1, 0.15) is 45.7 Å². The third kappa shape index (κ3) is 5.51. The number of benzene rings is 1. The van der Waals surface area contributed by atoms with Crippen LogP contribution in [0.25, 0.3) is 0 Å². The molecule has 0 radical (unpaired) electrons. The molecule has 1 aromatic rings. The van der Waals surface area contributed by atoms with Crippen LogP contribution in [0.15, 0.2) is 24.3 Å². The van der Waals surface area contributed by atoms with E-state index in [1.807, 2.05) is 20.9 Å². The quantitative estimate of drug-likeness (QED) is 0.748. The number of nitrogens with zero attached hydrogens (tertiary/aromatic N) is 1. The van der Waals surface area contributed by atoms with E-state index < -0.39 is 0 Å². The minimum atomic E-state index is 0.223. The molecule has 0 aliphatic carbocycles. The largest absolute Gasteiger partial charge is 0.491 e. The van der Waals surface area contributed by atoms with Gasteiger partial charge in [-0.25, -0.2) is 0 Å². The second-order valence-corrected chi connectivity index (χ2v) is 5.47. The number of rotatable bonds is 9. The van der Waals surface area contributed by atoms with Gasteiger partial charge in [0, 0.05) is 12.6 Å². The molecule has 3 nitrogen and oxygen atoms in total. The van der Waals surface area contributed by atoms with Gasteiger partial charge in [0.15, 0.2) is 0 Å². The molecule has 114 valence electrons. The normalized spacial score (nSPS) is 12.9. The number of ether oxygens (including phenoxy) is 1. The fourth-order valence-corrected chi connectivity index (χ4v) is 2.37. The van der Waals surface area contributed by atoms with Gasteiger partial charge in [-0.05, 0) is 58.1 Å². The zero-order valence-corrected chi connectivity index (χ0v) is 13.6. The molecule has 0 aliphatic heterocycles. The number of nitrogens with one attached hydrogen (secondary N) is 1. The van der Waals surface area contributed by atoms with Gasteiger partial charge < -0.3 is 15.0 Å². The van der Waals surface area contributed by atoms with E-state index in [0.29, 0.717) is 6.04 Å². The standard InChI is InChI=1S/C17H30N2O/c1-6-12-19(7-2)13-17(18-5)15-8-10-16(11-9-15)20-14(3)4/h8-11,14,17-18H,6-7,12-13H2,1-5H3. The second-order valence-electron chi connectivity index (χ2n) is 5.47. The van der Waals surface area contributed by atoms with Crippen LogP contribution in [0, 0.1) is 0 Å². The van der Waals surface area contributed by atoms with Gasteiger partial charge in [0.05, 0.1) is 6.10 Å². The molecule has 0 heterocycles. The first kappa shape index (κ1) is 17.0. The van der Waals surface area contributed by atoms with Crippen molar-refractivity contribution in [2.75, 3.05) is 26.7 Å². The van der Waals surface area contributed by atoms with E-state index in [2.05, 4.69) is 48.3 Å². The summed E-state index contributed by atoms with van der Waals surface area (Å²) in [4.78, 5) is 2.49. The van der Waals surface area contributed by atoms with E-state index >= 15 is 0 Å². The maximum Gasteiger partial charge on any atom is 0.119 e. The summed E-state index contributed by atoms with van der Waals surface area (Å²) in [6.07, 6.45) is 1.42. The maximum atomic E-state index is 5.69. The Kier molecular flexibility index (Phi) is 7.63. The van der Waals surface area contributed by atoms with Crippen LogP contribution in [0.2, 0.25) is 0 Å². The SMILES string of the molecule is CCCN(CC)CC(NC)c1ccc(OC(C)C)cc1. The third-order valence-corrected chi connectivity index (χ3v) is 3.43. The minimum Gasteiger partial charge on any atom is -0.491 e. The highest BCUT2D eigenvalue weighted by atomic mass is 16.5. The van der Waals surface area contributed by atoms with E-state index in [1.54, 1.807) is 0 Å². The highest BCUT2D eigenvalue weighted by molar-refractivity contribution is 5.29. The molecule has 0 fully saturated rings. The summed E-state index contributed by atoms with van der Waals surface area (Å²) in [5, 5.41) is 3.42. The van der Waals surface area contributed by atoms with Crippen molar-refractivity contribution in [3.05, 3.63) is 29.8 Å². The lowest BCUT2D eigenvalue weighted by molar-refractivity contribution is 0.242. The van der Waals surface area contributed by atoms with Gasteiger partial charge in [-0.2, -0.15) is 0 Å². The Morgan fingerprint density at radius 3 is 2.25 bits per heavy atom. The van der Waals surface area contributed by atoms with Crippen LogP contribution in [0.4, 0.5) is 0 Å². The summed E-state index contributed by atoms with van der Waals surface area (Å²) in [6.45, 7) is 11.9. The minimum absolute atomic E-state index is 0.223. The van der Waals surface area contributed by atoms with Crippen molar-refractivity contribution in [1.82, 2.24) is 10.2 Å². The van der Waals surface area contributed by atoms with Gasteiger partial charge in [-0.3, -0.25) is 0 Å². The molecule has 0 amide bonds. The van der Waals surface area contributed by atoms with E-state index in [4.69, 9.17) is 4.74 Å². The Bertz CT molecular complexity index is 362. The van der Waals surface area contributed by atoms with Crippen LogP contribution >= 0.6 is 0 Å².